The molecule has 2 aliphatic rings. The maximum atomic E-state index is 12.8. The van der Waals surface area contributed by atoms with E-state index in [9.17, 15) is 4.79 Å². The van der Waals surface area contributed by atoms with E-state index in [-0.39, 0.29) is 11.9 Å². The van der Waals surface area contributed by atoms with Crippen LogP contribution in [0.25, 0.3) is 0 Å². The monoisotopic (exact) mass is 396 g/mol. The second kappa shape index (κ2) is 8.74. The summed E-state index contributed by atoms with van der Waals surface area (Å²) in [7, 11) is 1.57. The van der Waals surface area contributed by atoms with Crippen LogP contribution in [-0.4, -0.2) is 50.3 Å². The van der Waals surface area contributed by atoms with Gasteiger partial charge in [-0.1, -0.05) is 24.3 Å². The van der Waals surface area contributed by atoms with Gasteiger partial charge in [-0.3, -0.25) is 9.69 Å². The van der Waals surface area contributed by atoms with Crippen LogP contribution in [0.5, 0.6) is 17.2 Å². The number of benzene rings is 2. The van der Waals surface area contributed by atoms with Gasteiger partial charge in [0.1, 0.15) is 13.2 Å². The van der Waals surface area contributed by atoms with Crippen molar-refractivity contribution >= 4 is 5.91 Å². The van der Waals surface area contributed by atoms with E-state index in [1.165, 1.54) is 11.1 Å². The van der Waals surface area contributed by atoms with E-state index >= 15 is 0 Å². The van der Waals surface area contributed by atoms with Gasteiger partial charge in [0.15, 0.2) is 11.5 Å². The summed E-state index contributed by atoms with van der Waals surface area (Å²) in [6.45, 7) is 6.03. The summed E-state index contributed by atoms with van der Waals surface area (Å²) in [6, 6.07) is 12.2. The maximum absolute atomic E-state index is 12.8. The van der Waals surface area contributed by atoms with Gasteiger partial charge in [0.2, 0.25) is 5.75 Å². The zero-order chi connectivity index (χ0) is 20.2. The molecule has 0 saturated carbocycles. The molecule has 0 radical (unpaired) electrons. The lowest BCUT2D eigenvalue weighted by Gasteiger charge is -2.32. The molecule has 29 heavy (non-hydrogen) atoms. The summed E-state index contributed by atoms with van der Waals surface area (Å²) in [6.07, 6.45) is 1.89. The first-order chi connectivity index (χ1) is 14.1. The second-order valence-electron chi connectivity index (χ2n) is 7.65. The topological polar surface area (TPSA) is 60.0 Å². The van der Waals surface area contributed by atoms with Gasteiger partial charge < -0.3 is 19.5 Å². The SMILES string of the molecule is COc1cc(C(=O)NC2CCN(Cc3ccccc3C)CC2)cc2c1OCCO2. The number of amides is 1. The Morgan fingerprint density at radius 1 is 1.17 bits per heavy atom. The van der Waals surface area contributed by atoms with E-state index in [0.29, 0.717) is 36.0 Å². The maximum Gasteiger partial charge on any atom is 0.251 e. The number of hydrogen-bond donors (Lipinski definition) is 1. The highest BCUT2D eigenvalue weighted by Gasteiger charge is 2.24. The molecule has 1 saturated heterocycles. The standard InChI is InChI=1S/C23H28N2O4/c1-16-5-3-4-6-17(16)15-25-9-7-19(8-10-25)24-23(26)18-13-20(27-2)22-21(14-18)28-11-12-29-22/h3-6,13-14,19H,7-12,15H2,1-2H3,(H,24,26). The number of piperidine rings is 1. The second-order valence-corrected chi connectivity index (χ2v) is 7.65. The number of nitrogens with zero attached hydrogens (tertiary/aromatic N) is 1. The molecule has 4 rings (SSSR count). The molecule has 1 N–H and O–H groups in total. The molecule has 0 atom stereocenters. The molecule has 1 fully saturated rings. The smallest absolute Gasteiger partial charge is 0.251 e. The van der Waals surface area contributed by atoms with Gasteiger partial charge in [-0.15, -0.1) is 0 Å². The minimum atomic E-state index is -0.0994. The van der Waals surface area contributed by atoms with Crippen LogP contribution < -0.4 is 19.5 Å². The molecule has 2 aromatic rings. The van der Waals surface area contributed by atoms with Crippen molar-refractivity contribution in [1.82, 2.24) is 10.2 Å². The van der Waals surface area contributed by atoms with E-state index in [2.05, 4.69) is 41.4 Å². The minimum Gasteiger partial charge on any atom is -0.493 e. The number of ether oxygens (including phenoxy) is 3. The predicted molar refractivity (Wildman–Crippen MR) is 111 cm³/mol. The summed E-state index contributed by atoms with van der Waals surface area (Å²) >= 11 is 0. The summed E-state index contributed by atoms with van der Waals surface area (Å²) in [5, 5.41) is 3.17. The van der Waals surface area contributed by atoms with Crippen LogP contribution in [0.1, 0.15) is 34.3 Å². The zero-order valence-corrected chi connectivity index (χ0v) is 17.1. The molecule has 2 aliphatic heterocycles. The fourth-order valence-corrected chi connectivity index (χ4v) is 3.94. The number of carbonyl (C=O) groups excluding carboxylic acids is 1. The van der Waals surface area contributed by atoms with Crippen LogP contribution >= 0.6 is 0 Å². The van der Waals surface area contributed by atoms with Gasteiger partial charge in [0.05, 0.1) is 7.11 Å². The Hall–Kier alpha value is -2.73. The summed E-state index contributed by atoms with van der Waals surface area (Å²) in [5.41, 5.74) is 3.24. The molecule has 6 heteroatoms. The van der Waals surface area contributed by atoms with Crippen molar-refractivity contribution in [3.8, 4) is 17.2 Å². The van der Waals surface area contributed by atoms with Gasteiger partial charge in [-0.05, 0) is 43.0 Å². The number of likely N-dealkylation sites (tertiary alicyclic amines) is 1. The fourth-order valence-electron chi connectivity index (χ4n) is 3.94. The van der Waals surface area contributed by atoms with Crippen LogP contribution in [0.4, 0.5) is 0 Å². The minimum absolute atomic E-state index is 0.0994. The number of carbonyl (C=O) groups is 1. The van der Waals surface area contributed by atoms with E-state index < -0.39 is 0 Å². The van der Waals surface area contributed by atoms with Crippen LogP contribution in [0.2, 0.25) is 0 Å². The average Bonchev–Trinajstić information content (AvgIpc) is 2.75. The highest BCUT2D eigenvalue weighted by Crippen LogP contribution is 2.40. The van der Waals surface area contributed by atoms with Crippen LogP contribution in [-0.2, 0) is 6.54 Å². The summed E-state index contributed by atoms with van der Waals surface area (Å²) < 4.78 is 16.6. The lowest BCUT2D eigenvalue weighted by Crippen LogP contribution is -2.44. The van der Waals surface area contributed by atoms with Gasteiger partial charge in [0, 0.05) is 31.2 Å². The first-order valence-electron chi connectivity index (χ1n) is 10.2. The number of hydrogen-bond acceptors (Lipinski definition) is 5. The van der Waals surface area contributed by atoms with Gasteiger partial charge in [-0.2, -0.15) is 0 Å². The third-order valence-electron chi connectivity index (χ3n) is 5.67. The summed E-state index contributed by atoms with van der Waals surface area (Å²) in [4.78, 5) is 15.3. The van der Waals surface area contributed by atoms with Crippen molar-refractivity contribution in [2.24, 2.45) is 0 Å². The lowest BCUT2D eigenvalue weighted by atomic mass is 10.0. The Morgan fingerprint density at radius 3 is 2.69 bits per heavy atom. The Balaban J connectivity index is 1.35. The number of nitrogens with one attached hydrogen (secondary N) is 1. The Kier molecular flexibility index (Phi) is 5.90. The Bertz CT molecular complexity index is 858. The molecule has 2 heterocycles. The lowest BCUT2D eigenvalue weighted by molar-refractivity contribution is 0.0907. The molecule has 0 spiro atoms. The van der Waals surface area contributed by atoms with Gasteiger partial charge in [0.25, 0.3) is 5.91 Å². The first kappa shape index (κ1) is 19.6. The van der Waals surface area contributed by atoms with E-state index in [4.69, 9.17) is 14.2 Å². The molecular weight excluding hydrogens is 368 g/mol. The van der Waals surface area contributed by atoms with Crippen molar-refractivity contribution in [1.29, 1.82) is 0 Å². The molecule has 6 nitrogen and oxygen atoms in total. The molecule has 0 unspecified atom stereocenters. The predicted octanol–water partition coefficient (Wildman–Crippen LogP) is 3.17. The average molecular weight is 396 g/mol. The Labute approximate surface area is 171 Å². The van der Waals surface area contributed by atoms with Crippen LogP contribution in [0.3, 0.4) is 0 Å². The normalized spacial score (nSPS) is 17.0. The van der Waals surface area contributed by atoms with Gasteiger partial charge in [-0.25, -0.2) is 0 Å². The highest BCUT2D eigenvalue weighted by molar-refractivity contribution is 5.95. The summed E-state index contributed by atoms with van der Waals surface area (Å²) in [5.74, 6) is 1.56. The number of rotatable bonds is 5. The largest absolute Gasteiger partial charge is 0.493 e. The molecule has 1 amide bonds. The van der Waals surface area contributed by atoms with E-state index in [1.54, 1.807) is 19.2 Å². The molecule has 0 bridgehead atoms. The molecule has 154 valence electrons. The zero-order valence-electron chi connectivity index (χ0n) is 17.1. The fraction of sp³-hybridized carbons (Fsp3) is 0.435. The van der Waals surface area contributed by atoms with Crippen LogP contribution in [0, 0.1) is 6.92 Å². The van der Waals surface area contributed by atoms with Crippen LogP contribution in [0.15, 0.2) is 36.4 Å². The van der Waals surface area contributed by atoms with E-state index in [1.807, 2.05) is 0 Å². The third-order valence-corrected chi connectivity index (χ3v) is 5.67. The van der Waals surface area contributed by atoms with Crippen molar-refractivity contribution < 1.29 is 19.0 Å². The first-order valence-corrected chi connectivity index (χ1v) is 10.2. The third kappa shape index (κ3) is 4.48. The van der Waals surface area contributed by atoms with Crippen molar-refractivity contribution in [2.75, 3.05) is 33.4 Å². The number of aryl methyl sites for hydroxylation is 1. The Morgan fingerprint density at radius 2 is 1.93 bits per heavy atom. The van der Waals surface area contributed by atoms with Gasteiger partial charge >= 0.3 is 0 Å². The molecule has 0 aliphatic carbocycles. The molecule has 0 aromatic heterocycles. The molecule has 2 aromatic carbocycles. The number of fused-ring (bicyclic) bond motifs is 1. The quantitative estimate of drug-likeness (QED) is 0.841. The number of methoxy groups -OCH3 is 1. The van der Waals surface area contributed by atoms with Crippen molar-refractivity contribution in [2.45, 2.75) is 32.4 Å². The molecular formula is C23H28N2O4. The van der Waals surface area contributed by atoms with E-state index in [0.717, 1.165) is 32.5 Å². The highest BCUT2D eigenvalue weighted by atomic mass is 16.6. The van der Waals surface area contributed by atoms with Crippen molar-refractivity contribution in [3.05, 3.63) is 53.1 Å². The van der Waals surface area contributed by atoms with Crippen molar-refractivity contribution in [3.63, 3.8) is 0 Å².